The fourth-order valence-electron chi connectivity index (χ4n) is 5.80. The second kappa shape index (κ2) is 32.8. The summed E-state index contributed by atoms with van der Waals surface area (Å²) in [5.41, 5.74) is 5.46. The highest BCUT2D eigenvalue weighted by atomic mass is 16.5. The van der Waals surface area contributed by atoms with Crippen LogP contribution in [0.3, 0.4) is 0 Å². The topological polar surface area (TPSA) is 119 Å². The number of carboxylic acid groups (broad SMARTS) is 1. The van der Waals surface area contributed by atoms with Crippen molar-refractivity contribution in [2.75, 3.05) is 6.54 Å². The molecule has 0 bridgehead atoms. The SMILES string of the molecule is CCCCCCCCCCCCCCCCCCC(=O)OC(CCCCCC)CCCCCC(=O)NC(CCCN)C(=O)O. The first kappa shape index (κ1) is 42.4. The Morgan fingerprint density at radius 1 is 0.568 bits per heavy atom. The van der Waals surface area contributed by atoms with Crippen LogP contribution < -0.4 is 11.1 Å². The molecule has 7 nitrogen and oxygen atoms in total. The van der Waals surface area contributed by atoms with Crippen molar-refractivity contribution in [2.24, 2.45) is 5.73 Å². The molecule has 2 atom stereocenters. The van der Waals surface area contributed by atoms with Gasteiger partial charge >= 0.3 is 11.9 Å². The summed E-state index contributed by atoms with van der Waals surface area (Å²) in [6.45, 7) is 4.88. The van der Waals surface area contributed by atoms with Gasteiger partial charge in [0.1, 0.15) is 12.1 Å². The Morgan fingerprint density at radius 3 is 1.43 bits per heavy atom. The van der Waals surface area contributed by atoms with Gasteiger partial charge in [0.15, 0.2) is 0 Å². The zero-order valence-electron chi connectivity index (χ0n) is 29.0. The summed E-state index contributed by atoms with van der Waals surface area (Å²) < 4.78 is 5.91. The number of ether oxygens (including phenoxy) is 1. The second-order valence-electron chi connectivity index (χ2n) is 13.0. The average Bonchev–Trinajstić information content (AvgIpc) is 3.00. The van der Waals surface area contributed by atoms with E-state index in [0.717, 1.165) is 44.9 Å². The lowest BCUT2D eigenvalue weighted by Crippen LogP contribution is -2.40. The number of nitrogens with one attached hydrogen (secondary N) is 1. The third-order valence-corrected chi connectivity index (χ3v) is 8.67. The molecular formula is C37H72N2O5. The number of aliphatic carboxylic acids is 1. The van der Waals surface area contributed by atoms with Crippen molar-refractivity contribution in [1.29, 1.82) is 0 Å². The second-order valence-corrected chi connectivity index (χ2v) is 13.0. The maximum Gasteiger partial charge on any atom is 0.326 e. The number of unbranched alkanes of at least 4 members (excludes halogenated alkanes) is 20. The largest absolute Gasteiger partial charge is 0.480 e. The van der Waals surface area contributed by atoms with E-state index in [9.17, 15) is 19.5 Å². The molecule has 0 aromatic rings. The molecule has 0 aliphatic heterocycles. The monoisotopic (exact) mass is 625 g/mol. The molecule has 0 aliphatic rings. The van der Waals surface area contributed by atoms with Crippen LogP contribution >= 0.6 is 0 Å². The minimum absolute atomic E-state index is 0.0399. The van der Waals surface area contributed by atoms with Crippen LogP contribution in [0.2, 0.25) is 0 Å². The van der Waals surface area contributed by atoms with Gasteiger partial charge in [-0.05, 0) is 57.9 Å². The molecule has 0 spiro atoms. The van der Waals surface area contributed by atoms with Crippen LogP contribution in [0.15, 0.2) is 0 Å². The van der Waals surface area contributed by atoms with Gasteiger partial charge in [0.25, 0.3) is 0 Å². The third kappa shape index (κ3) is 29.1. The molecule has 0 aromatic carbocycles. The number of nitrogens with two attached hydrogens (primary N) is 1. The predicted molar refractivity (Wildman–Crippen MR) is 184 cm³/mol. The number of rotatable bonds is 34. The fourth-order valence-corrected chi connectivity index (χ4v) is 5.80. The first-order valence-corrected chi connectivity index (χ1v) is 18.9. The van der Waals surface area contributed by atoms with Crippen molar-refractivity contribution < 1.29 is 24.2 Å². The summed E-state index contributed by atoms with van der Waals surface area (Å²) in [5.74, 6) is -1.30. The van der Waals surface area contributed by atoms with E-state index in [1.807, 2.05) is 0 Å². The van der Waals surface area contributed by atoms with E-state index in [1.165, 1.54) is 109 Å². The molecule has 1 amide bonds. The average molecular weight is 625 g/mol. The Bertz CT molecular complexity index is 672. The van der Waals surface area contributed by atoms with Gasteiger partial charge < -0.3 is 20.9 Å². The lowest BCUT2D eigenvalue weighted by atomic mass is 10.0. The van der Waals surface area contributed by atoms with Crippen LogP contribution in [-0.2, 0) is 19.1 Å². The Labute approximate surface area is 271 Å². The van der Waals surface area contributed by atoms with E-state index in [-0.39, 0.29) is 18.0 Å². The van der Waals surface area contributed by atoms with E-state index in [4.69, 9.17) is 10.5 Å². The van der Waals surface area contributed by atoms with Crippen LogP contribution in [0, 0.1) is 0 Å². The number of hydrogen-bond acceptors (Lipinski definition) is 5. The van der Waals surface area contributed by atoms with E-state index in [2.05, 4.69) is 19.2 Å². The smallest absolute Gasteiger partial charge is 0.326 e. The Hall–Kier alpha value is -1.63. The Morgan fingerprint density at radius 2 is 0.977 bits per heavy atom. The number of esters is 1. The van der Waals surface area contributed by atoms with E-state index < -0.39 is 12.0 Å². The van der Waals surface area contributed by atoms with Crippen molar-refractivity contribution in [2.45, 2.75) is 212 Å². The zero-order valence-corrected chi connectivity index (χ0v) is 29.0. The quantitative estimate of drug-likeness (QED) is 0.0484. The zero-order chi connectivity index (χ0) is 32.5. The lowest BCUT2D eigenvalue weighted by molar-refractivity contribution is -0.150. The van der Waals surface area contributed by atoms with Gasteiger partial charge in [-0.1, -0.05) is 136 Å². The molecule has 0 saturated carbocycles. The van der Waals surface area contributed by atoms with Crippen molar-refractivity contribution in [3.8, 4) is 0 Å². The maximum absolute atomic E-state index is 12.6. The lowest BCUT2D eigenvalue weighted by Gasteiger charge is -2.18. The normalized spacial score (nSPS) is 12.6. The molecule has 0 radical (unpaired) electrons. The first-order valence-electron chi connectivity index (χ1n) is 18.9. The molecule has 0 rings (SSSR count). The summed E-state index contributed by atoms with van der Waals surface area (Å²) in [5, 5.41) is 11.9. The van der Waals surface area contributed by atoms with Gasteiger partial charge in [-0.15, -0.1) is 0 Å². The highest BCUT2D eigenvalue weighted by molar-refractivity contribution is 5.83. The van der Waals surface area contributed by atoms with Gasteiger partial charge in [-0.2, -0.15) is 0 Å². The molecule has 0 fully saturated rings. The molecule has 0 aliphatic carbocycles. The molecule has 0 aromatic heterocycles. The van der Waals surface area contributed by atoms with Gasteiger partial charge in [-0.3, -0.25) is 9.59 Å². The number of carbonyl (C=O) groups excluding carboxylic acids is 2. The van der Waals surface area contributed by atoms with E-state index in [0.29, 0.717) is 38.6 Å². The molecule has 44 heavy (non-hydrogen) atoms. The van der Waals surface area contributed by atoms with Crippen molar-refractivity contribution in [1.82, 2.24) is 5.32 Å². The molecule has 2 unspecified atom stereocenters. The summed E-state index contributed by atoms with van der Waals surface area (Å²) >= 11 is 0. The maximum atomic E-state index is 12.6. The van der Waals surface area contributed by atoms with E-state index >= 15 is 0 Å². The Balaban J connectivity index is 3.99. The number of carboxylic acids is 1. The predicted octanol–water partition coefficient (Wildman–Crippen LogP) is 9.78. The standard InChI is InChI=1S/C37H72N2O5/c1-3-5-7-9-10-11-12-13-14-15-16-17-18-19-20-25-31-36(41)44-33(27-22-8-6-4-2)28-23-21-24-30-35(40)39-34(37(42)43)29-26-32-38/h33-34H,3-32,38H2,1-2H3,(H,39,40)(H,42,43). The first-order chi connectivity index (χ1) is 21.4. The summed E-state index contributed by atoms with van der Waals surface area (Å²) in [6.07, 6.45) is 31.6. The number of hydrogen-bond donors (Lipinski definition) is 3. The molecule has 260 valence electrons. The fraction of sp³-hybridized carbons (Fsp3) is 0.919. The van der Waals surface area contributed by atoms with Crippen molar-refractivity contribution in [3.05, 3.63) is 0 Å². The van der Waals surface area contributed by atoms with Crippen LogP contribution in [0.25, 0.3) is 0 Å². The van der Waals surface area contributed by atoms with Crippen LogP contribution in [0.1, 0.15) is 200 Å². The van der Waals surface area contributed by atoms with Crippen molar-refractivity contribution >= 4 is 17.8 Å². The van der Waals surface area contributed by atoms with Gasteiger partial charge in [-0.25, -0.2) is 4.79 Å². The van der Waals surface area contributed by atoms with Crippen LogP contribution in [0.4, 0.5) is 0 Å². The van der Waals surface area contributed by atoms with Crippen LogP contribution in [-0.4, -0.2) is 41.6 Å². The summed E-state index contributed by atoms with van der Waals surface area (Å²) in [7, 11) is 0. The molecule has 0 heterocycles. The molecule has 4 N–H and O–H groups in total. The highest BCUT2D eigenvalue weighted by Gasteiger charge is 2.19. The highest BCUT2D eigenvalue weighted by Crippen LogP contribution is 2.18. The molecule has 7 heteroatoms. The minimum Gasteiger partial charge on any atom is -0.480 e. The number of carbonyl (C=O) groups is 3. The summed E-state index contributed by atoms with van der Waals surface area (Å²) in [6, 6.07) is -0.868. The minimum atomic E-state index is -1.01. The van der Waals surface area contributed by atoms with Gasteiger partial charge in [0, 0.05) is 12.8 Å². The molecular weight excluding hydrogens is 552 g/mol. The van der Waals surface area contributed by atoms with Crippen LogP contribution in [0.5, 0.6) is 0 Å². The number of amides is 1. The van der Waals surface area contributed by atoms with Gasteiger partial charge in [0.2, 0.25) is 5.91 Å². The Kier molecular flexibility index (Phi) is 31.5. The van der Waals surface area contributed by atoms with E-state index in [1.54, 1.807) is 0 Å². The van der Waals surface area contributed by atoms with Crippen molar-refractivity contribution in [3.63, 3.8) is 0 Å². The molecule has 0 saturated heterocycles. The van der Waals surface area contributed by atoms with Gasteiger partial charge in [0.05, 0.1) is 0 Å². The summed E-state index contributed by atoms with van der Waals surface area (Å²) in [4.78, 5) is 36.1. The third-order valence-electron chi connectivity index (χ3n) is 8.67.